The van der Waals surface area contributed by atoms with Gasteiger partial charge in [-0.2, -0.15) is 5.10 Å². The second-order valence-electron chi connectivity index (χ2n) is 4.86. The first-order valence-corrected chi connectivity index (χ1v) is 7.53. The highest BCUT2D eigenvalue weighted by Crippen LogP contribution is 2.22. The molecule has 0 fully saturated rings. The number of nitrogens with one attached hydrogen (secondary N) is 1. The van der Waals surface area contributed by atoms with Gasteiger partial charge in [-0.1, -0.05) is 36.2 Å². The Morgan fingerprint density at radius 1 is 1.33 bits per heavy atom. The van der Waals surface area contributed by atoms with Crippen molar-refractivity contribution in [3.8, 4) is 0 Å². The third-order valence-corrected chi connectivity index (χ3v) is 3.65. The summed E-state index contributed by atoms with van der Waals surface area (Å²) in [5.41, 5.74) is 1.88. The number of hydrogen-bond donors (Lipinski definition) is 1. The lowest BCUT2D eigenvalue weighted by atomic mass is 10.2. The summed E-state index contributed by atoms with van der Waals surface area (Å²) < 4.78 is 1.80. The Labute approximate surface area is 134 Å². The molecule has 4 nitrogen and oxygen atoms in total. The summed E-state index contributed by atoms with van der Waals surface area (Å²) in [5, 5.41) is 8.38. The largest absolute Gasteiger partial charge is 0.309 e. The molecule has 1 N–H and O–H groups in total. The van der Waals surface area contributed by atoms with Gasteiger partial charge in [0.25, 0.3) is 0 Å². The van der Waals surface area contributed by atoms with E-state index < -0.39 is 0 Å². The third-order valence-electron chi connectivity index (χ3n) is 3.06. The summed E-state index contributed by atoms with van der Waals surface area (Å²) in [5.74, 6) is 0.544. The Kier molecular flexibility index (Phi) is 5.26. The Balaban J connectivity index is 2.14. The Morgan fingerprint density at radius 3 is 2.76 bits per heavy atom. The maximum absolute atomic E-state index is 11.6. The number of aryl methyl sites for hydroxylation is 1. The minimum Gasteiger partial charge on any atom is -0.309 e. The lowest BCUT2D eigenvalue weighted by Gasteiger charge is -2.07. The van der Waals surface area contributed by atoms with E-state index in [0.717, 1.165) is 17.7 Å². The van der Waals surface area contributed by atoms with Gasteiger partial charge >= 0.3 is 0 Å². The predicted molar refractivity (Wildman–Crippen MR) is 86.1 cm³/mol. The summed E-state index contributed by atoms with van der Waals surface area (Å²) in [4.78, 5) is 11.6. The van der Waals surface area contributed by atoms with Crippen molar-refractivity contribution in [1.82, 2.24) is 9.78 Å². The van der Waals surface area contributed by atoms with E-state index in [1.54, 1.807) is 16.8 Å². The number of aromatic nitrogens is 2. The van der Waals surface area contributed by atoms with Crippen LogP contribution >= 0.6 is 23.2 Å². The number of carbonyl (C=O) groups excluding carboxylic acids is 1. The molecule has 0 saturated carbocycles. The maximum atomic E-state index is 11.6. The molecular formula is C15H17Cl2N3O. The molecule has 2 rings (SSSR count). The van der Waals surface area contributed by atoms with E-state index in [-0.39, 0.29) is 5.91 Å². The standard InChI is InChI=1S/C15H17Cl2N3O/c1-3-4-15(21)18-14-7-10(2)20(19-14)9-11-5-6-12(16)8-13(11)17/h5-8H,3-4,9H2,1-2H3,(H,18,19,21). The third kappa shape index (κ3) is 4.22. The molecule has 1 aromatic carbocycles. The molecule has 1 heterocycles. The molecule has 2 aromatic rings. The van der Waals surface area contributed by atoms with Gasteiger partial charge in [0.2, 0.25) is 5.91 Å². The molecule has 1 aromatic heterocycles. The van der Waals surface area contributed by atoms with E-state index in [4.69, 9.17) is 23.2 Å². The lowest BCUT2D eigenvalue weighted by Crippen LogP contribution is -2.11. The molecule has 0 bridgehead atoms. The molecule has 6 heteroatoms. The topological polar surface area (TPSA) is 46.9 Å². The summed E-state index contributed by atoms with van der Waals surface area (Å²) in [6.07, 6.45) is 1.31. The molecular weight excluding hydrogens is 309 g/mol. The Bertz CT molecular complexity index is 652. The van der Waals surface area contributed by atoms with Gasteiger partial charge in [-0.05, 0) is 31.0 Å². The van der Waals surface area contributed by atoms with Crippen LogP contribution in [0.2, 0.25) is 10.0 Å². The van der Waals surface area contributed by atoms with Crippen molar-refractivity contribution >= 4 is 34.9 Å². The van der Waals surface area contributed by atoms with E-state index >= 15 is 0 Å². The van der Waals surface area contributed by atoms with Crippen molar-refractivity contribution in [1.29, 1.82) is 0 Å². The normalized spacial score (nSPS) is 10.7. The molecule has 21 heavy (non-hydrogen) atoms. The van der Waals surface area contributed by atoms with E-state index in [9.17, 15) is 4.79 Å². The van der Waals surface area contributed by atoms with E-state index in [1.807, 2.05) is 26.0 Å². The molecule has 0 atom stereocenters. The number of amides is 1. The Hall–Kier alpha value is -1.52. The zero-order chi connectivity index (χ0) is 15.4. The van der Waals surface area contributed by atoms with Crippen LogP contribution in [-0.2, 0) is 11.3 Å². The maximum Gasteiger partial charge on any atom is 0.225 e. The van der Waals surface area contributed by atoms with Gasteiger partial charge in [-0.15, -0.1) is 0 Å². The second kappa shape index (κ2) is 6.96. The quantitative estimate of drug-likeness (QED) is 0.891. The zero-order valence-corrected chi connectivity index (χ0v) is 13.5. The van der Waals surface area contributed by atoms with Gasteiger partial charge in [0.15, 0.2) is 5.82 Å². The molecule has 0 spiro atoms. The fourth-order valence-corrected chi connectivity index (χ4v) is 2.44. The van der Waals surface area contributed by atoms with Gasteiger partial charge in [0.05, 0.1) is 6.54 Å². The highest BCUT2D eigenvalue weighted by Gasteiger charge is 2.09. The van der Waals surface area contributed by atoms with Crippen LogP contribution in [0.5, 0.6) is 0 Å². The predicted octanol–water partition coefficient (Wildman–Crippen LogP) is 4.29. The van der Waals surface area contributed by atoms with Crippen LogP contribution in [0.15, 0.2) is 24.3 Å². The monoisotopic (exact) mass is 325 g/mol. The highest BCUT2D eigenvalue weighted by molar-refractivity contribution is 6.35. The number of benzene rings is 1. The number of halogens is 2. The SMILES string of the molecule is CCCC(=O)Nc1cc(C)n(Cc2ccc(Cl)cc2Cl)n1. The zero-order valence-electron chi connectivity index (χ0n) is 12.0. The summed E-state index contributed by atoms with van der Waals surface area (Å²) in [6.45, 7) is 4.43. The van der Waals surface area contributed by atoms with E-state index in [2.05, 4.69) is 10.4 Å². The van der Waals surface area contributed by atoms with E-state index in [0.29, 0.717) is 28.8 Å². The van der Waals surface area contributed by atoms with Gasteiger partial charge in [0, 0.05) is 28.2 Å². The molecule has 0 aliphatic rings. The van der Waals surface area contributed by atoms with Gasteiger partial charge in [0.1, 0.15) is 0 Å². The lowest BCUT2D eigenvalue weighted by molar-refractivity contribution is -0.116. The minimum atomic E-state index is -0.0216. The molecule has 0 aliphatic heterocycles. The van der Waals surface area contributed by atoms with Crippen LogP contribution in [0.25, 0.3) is 0 Å². The molecule has 0 saturated heterocycles. The van der Waals surface area contributed by atoms with Crippen molar-refractivity contribution in [2.24, 2.45) is 0 Å². The molecule has 0 unspecified atom stereocenters. The molecule has 112 valence electrons. The molecule has 0 aliphatic carbocycles. The van der Waals surface area contributed by atoms with Crippen LogP contribution in [0.4, 0.5) is 5.82 Å². The average molecular weight is 326 g/mol. The van der Waals surface area contributed by atoms with Crippen LogP contribution in [0.3, 0.4) is 0 Å². The molecule has 0 radical (unpaired) electrons. The number of carbonyl (C=O) groups is 1. The summed E-state index contributed by atoms with van der Waals surface area (Å²) in [6, 6.07) is 7.23. The summed E-state index contributed by atoms with van der Waals surface area (Å²) in [7, 11) is 0. The number of hydrogen-bond acceptors (Lipinski definition) is 2. The average Bonchev–Trinajstić information content (AvgIpc) is 2.73. The first kappa shape index (κ1) is 15.9. The van der Waals surface area contributed by atoms with Crippen molar-refractivity contribution in [3.63, 3.8) is 0 Å². The summed E-state index contributed by atoms with van der Waals surface area (Å²) >= 11 is 12.1. The van der Waals surface area contributed by atoms with Crippen LogP contribution < -0.4 is 5.32 Å². The smallest absolute Gasteiger partial charge is 0.225 e. The first-order valence-electron chi connectivity index (χ1n) is 6.78. The van der Waals surface area contributed by atoms with Gasteiger partial charge < -0.3 is 5.32 Å². The van der Waals surface area contributed by atoms with E-state index in [1.165, 1.54) is 0 Å². The minimum absolute atomic E-state index is 0.0216. The number of rotatable bonds is 5. The second-order valence-corrected chi connectivity index (χ2v) is 5.71. The van der Waals surface area contributed by atoms with Crippen LogP contribution in [0.1, 0.15) is 31.0 Å². The van der Waals surface area contributed by atoms with Crippen LogP contribution in [0, 0.1) is 6.92 Å². The van der Waals surface area contributed by atoms with Crippen molar-refractivity contribution in [2.45, 2.75) is 33.2 Å². The van der Waals surface area contributed by atoms with Crippen molar-refractivity contribution in [2.75, 3.05) is 5.32 Å². The van der Waals surface area contributed by atoms with Gasteiger partial charge in [-0.3, -0.25) is 9.48 Å². The Morgan fingerprint density at radius 2 is 2.10 bits per heavy atom. The van der Waals surface area contributed by atoms with Crippen molar-refractivity contribution in [3.05, 3.63) is 45.6 Å². The molecule has 1 amide bonds. The fourth-order valence-electron chi connectivity index (χ4n) is 1.97. The highest BCUT2D eigenvalue weighted by atomic mass is 35.5. The fraction of sp³-hybridized carbons (Fsp3) is 0.333. The number of anilines is 1. The van der Waals surface area contributed by atoms with Crippen LogP contribution in [-0.4, -0.2) is 15.7 Å². The van der Waals surface area contributed by atoms with Crippen molar-refractivity contribution < 1.29 is 4.79 Å². The number of nitrogens with zero attached hydrogens (tertiary/aromatic N) is 2. The first-order chi connectivity index (χ1) is 9.99. The van der Waals surface area contributed by atoms with Gasteiger partial charge in [-0.25, -0.2) is 0 Å².